The summed E-state index contributed by atoms with van der Waals surface area (Å²) < 4.78 is 32.7. The summed E-state index contributed by atoms with van der Waals surface area (Å²) in [5.74, 6) is 1.22. The molecule has 1 fully saturated rings. The lowest BCUT2D eigenvalue weighted by Gasteiger charge is -2.29. The van der Waals surface area contributed by atoms with Gasteiger partial charge < -0.3 is 19.1 Å². The summed E-state index contributed by atoms with van der Waals surface area (Å²) in [6, 6.07) is 13.3. The maximum absolute atomic E-state index is 14.9. The van der Waals surface area contributed by atoms with Crippen LogP contribution >= 0.6 is 0 Å². The Morgan fingerprint density at radius 2 is 1.87 bits per heavy atom. The predicted octanol–water partition coefficient (Wildman–Crippen LogP) is 3.10. The zero-order valence-electron chi connectivity index (χ0n) is 17.5. The molecule has 1 aliphatic rings. The number of aromatic nitrogens is 2. The smallest absolute Gasteiger partial charge is 0.258 e. The predicted molar refractivity (Wildman–Crippen MR) is 115 cm³/mol. The van der Waals surface area contributed by atoms with Gasteiger partial charge in [-0.1, -0.05) is 6.07 Å². The first-order valence-corrected chi connectivity index (χ1v) is 10.0. The lowest BCUT2D eigenvalue weighted by molar-refractivity contribution is 0.122. The van der Waals surface area contributed by atoms with Crippen molar-refractivity contribution >= 4 is 5.69 Å². The Balaban J connectivity index is 1.65. The fourth-order valence-corrected chi connectivity index (χ4v) is 3.56. The minimum atomic E-state index is -0.397. The highest BCUT2D eigenvalue weighted by Gasteiger charge is 2.17. The van der Waals surface area contributed by atoms with Crippen molar-refractivity contribution in [3.63, 3.8) is 0 Å². The number of ether oxygens (including phenoxy) is 3. The molecule has 0 aliphatic carbocycles. The van der Waals surface area contributed by atoms with Crippen molar-refractivity contribution in [1.82, 2.24) is 9.55 Å². The highest BCUT2D eigenvalue weighted by molar-refractivity contribution is 5.53. The van der Waals surface area contributed by atoms with Crippen LogP contribution in [0.25, 0.3) is 5.69 Å². The van der Waals surface area contributed by atoms with E-state index < -0.39 is 5.82 Å². The SMILES string of the molecule is COc1cccc(OCc2nc(C)cc(=O)n2-c2ccc(N3CCOCC3)c(F)c2)c1. The number of benzene rings is 2. The van der Waals surface area contributed by atoms with Crippen molar-refractivity contribution in [2.24, 2.45) is 0 Å². The molecule has 0 N–H and O–H groups in total. The molecule has 2 aromatic carbocycles. The minimum absolute atomic E-state index is 0.0386. The normalized spacial score (nSPS) is 13.8. The third kappa shape index (κ3) is 4.69. The largest absolute Gasteiger partial charge is 0.497 e. The van der Waals surface area contributed by atoms with E-state index in [0.29, 0.717) is 60.7 Å². The number of aryl methyl sites for hydroxylation is 1. The van der Waals surface area contributed by atoms with Gasteiger partial charge in [-0.3, -0.25) is 9.36 Å². The van der Waals surface area contributed by atoms with Crippen molar-refractivity contribution < 1.29 is 18.6 Å². The lowest BCUT2D eigenvalue weighted by Crippen LogP contribution is -2.36. The van der Waals surface area contributed by atoms with Gasteiger partial charge in [-0.05, 0) is 31.2 Å². The van der Waals surface area contributed by atoms with E-state index in [1.54, 1.807) is 38.3 Å². The van der Waals surface area contributed by atoms with E-state index in [1.165, 1.54) is 16.7 Å². The van der Waals surface area contributed by atoms with Crippen LogP contribution in [0.4, 0.5) is 10.1 Å². The highest BCUT2D eigenvalue weighted by atomic mass is 19.1. The molecule has 31 heavy (non-hydrogen) atoms. The Morgan fingerprint density at radius 1 is 1.10 bits per heavy atom. The summed E-state index contributed by atoms with van der Waals surface area (Å²) in [4.78, 5) is 19.2. The van der Waals surface area contributed by atoms with E-state index in [-0.39, 0.29) is 12.2 Å². The average molecular weight is 425 g/mol. The molecule has 4 rings (SSSR count). The second-order valence-corrected chi connectivity index (χ2v) is 7.19. The van der Waals surface area contributed by atoms with Crippen LogP contribution in [0.3, 0.4) is 0 Å². The number of morpholine rings is 1. The van der Waals surface area contributed by atoms with Crippen LogP contribution < -0.4 is 19.9 Å². The molecule has 3 aromatic rings. The van der Waals surface area contributed by atoms with Gasteiger partial charge in [-0.25, -0.2) is 9.37 Å². The molecule has 0 saturated carbocycles. The number of methoxy groups -OCH3 is 1. The zero-order chi connectivity index (χ0) is 21.8. The Hall–Kier alpha value is -3.39. The molecule has 1 saturated heterocycles. The Morgan fingerprint density at radius 3 is 2.61 bits per heavy atom. The zero-order valence-corrected chi connectivity index (χ0v) is 17.5. The van der Waals surface area contributed by atoms with Crippen LogP contribution in [0.1, 0.15) is 11.5 Å². The van der Waals surface area contributed by atoms with Crippen LogP contribution in [0.2, 0.25) is 0 Å². The molecule has 2 heterocycles. The molecular formula is C23H24FN3O4. The molecular weight excluding hydrogens is 401 g/mol. The molecule has 1 aliphatic heterocycles. The summed E-state index contributed by atoms with van der Waals surface area (Å²) >= 11 is 0. The molecule has 0 spiro atoms. The van der Waals surface area contributed by atoms with E-state index in [1.807, 2.05) is 17.0 Å². The van der Waals surface area contributed by atoms with Gasteiger partial charge >= 0.3 is 0 Å². The van der Waals surface area contributed by atoms with Gasteiger partial charge in [0.15, 0.2) is 5.82 Å². The maximum atomic E-state index is 14.9. The average Bonchev–Trinajstić information content (AvgIpc) is 2.78. The van der Waals surface area contributed by atoms with Crippen molar-refractivity contribution in [3.8, 4) is 17.2 Å². The summed E-state index contributed by atoms with van der Waals surface area (Å²) in [6.45, 7) is 4.16. The number of anilines is 1. The molecule has 0 bridgehead atoms. The van der Waals surface area contributed by atoms with Gasteiger partial charge in [0.05, 0.1) is 31.7 Å². The van der Waals surface area contributed by atoms with E-state index in [4.69, 9.17) is 14.2 Å². The third-order valence-corrected chi connectivity index (χ3v) is 5.07. The first-order valence-electron chi connectivity index (χ1n) is 10.0. The summed E-state index contributed by atoms with van der Waals surface area (Å²) in [5.41, 5.74) is 1.16. The summed E-state index contributed by atoms with van der Waals surface area (Å²) in [6.07, 6.45) is 0. The number of halogens is 1. The second kappa shape index (κ2) is 9.18. The van der Waals surface area contributed by atoms with Gasteiger partial charge in [-0.15, -0.1) is 0 Å². The summed E-state index contributed by atoms with van der Waals surface area (Å²) in [5, 5.41) is 0. The number of rotatable bonds is 6. The van der Waals surface area contributed by atoms with Crippen molar-refractivity contribution in [3.05, 3.63) is 76.2 Å². The molecule has 1 aromatic heterocycles. The van der Waals surface area contributed by atoms with E-state index in [9.17, 15) is 9.18 Å². The van der Waals surface area contributed by atoms with Crippen LogP contribution in [-0.4, -0.2) is 43.0 Å². The molecule has 0 unspecified atom stereocenters. The topological polar surface area (TPSA) is 65.8 Å². The first kappa shape index (κ1) is 20.9. The van der Waals surface area contributed by atoms with Gasteiger partial charge in [0.2, 0.25) is 0 Å². The molecule has 162 valence electrons. The fraction of sp³-hybridized carbons (Fsp3) is 0.304. The molecule has 0 radical (unpaired) electrons. The van der Waals surface area contributed by atoms with Crippen molar-refractivity contribution in [2.45, 2.75) is 13.5 Å². The maximum Gasteiger partial charge on any atom is 0.258 e. The molecule has 7 nitrogen and oxygen atoms in total. The van der Waals surface area contributed by atoms with E-state index in [2.05, 4.69) is 4.98 Å². The van der Waals surface area contributed by atoms with Gasteiger partial charge in [-0.2, -0.15) is 0 Å². The van der Waals surface area contributed by atoms with Gasteiger partial charge in [0.1, 0.15) is 23.9 Å². The number of nitrogens with zero attached hydrogens (tertiary/aromatic N) is 3. The van der Waals surface area contributed by atoms with E-state index >= 15 is 0 Å². The number of hydrogen-bond acceptors (Lipinski definition) is 6. The first-order chi connectivity index (χ1) is 15.0. The van der Waals surface area contributed by atoms with Gasteiger partial charge in [0, 0.05) is 37.0 Å². The lowest BCUT2D eigenvalue weighted by atomic mass is 10.2. The van der Waals surface area contributed by atoms with Crippen LogP contribution in [0.15, 0.2) is 53.3 Å². The Bertz CT molecular complexity index is 1130. The molecule has 0 amide bonds. The Labute approximate surface area is 179 Å². The van der Waals surface area contributed by atoms with Crippen LogP contribution in [0, 0.1) is 12.7 Å². The minimum Gasteiger partial charge on any atom is -0.497 e. The molecule has 0 atom stereocenters. The van der Waals surface area contributed by atoms with Gasteiger partial charge in [0.25, 0.3) is 5.56 Å². The number of hydrogen-bond donors (Lipinski definition) is 0. The monoisotopic (exact) mass is 425 g/mol. The Kier molecular flexibility index (Phi) is 6.18. The van der Waals surface area contributed by atoms with E-state index in [0.717, 1.165) is 0 Å². The van der Waals surface area contributed by atoms with Crippen LogP contribution in [-0.2, 0) is 11.3 Å². The second-order valence-electron chi connectivity index (χ2n) is 7.19. The summed E-state index contributed by atoms with van der Waals surface area (Å²) in [7, 11) is 1.58. The van der Waals surface area contributed by atoms with Crippen molar-refractivity contribution in [2.75, 3.05) is 38.3 Å². The highest BCUT2D eigenvalue weighted by Crippen LogP contribution is 2.24. The third-order valence-electron chi connectivity index (χ3n) is 5.07. The van der Waals surface area contributed by atoms with Crippen molar-refractivity contribution in [1.29, 1.82) is 0 Å². The fourth-order valence-electron chi connectivity index (χ4n) is 3.56. The quantitative estimate of drug-likeness (QED) is 0.605. The van der Waals surface area contributed by atoms with Crippen LogP contribution in [0.5, 0.6) is 11.5 Å². The standard InChI is InChI=1S/C23H24FN3O4/c1-16-12-23(28)27(22(25-16)15-31-19-5-3-4-18(14-19)29-2)17-6-7-21(20(24)13-17)26-8-10-30-11-9-26/h3-7,12-14H,8-11,15H2,1-2H3. The molecule has 8 heteroatoms.